The Kier molecular flexibility index (Phi) is 1.46. The van der Waals surface area contributed by atoms with Gasteiger partial charge in [0.15, 0.2) is 5.76 Å². The summed E-state index contributed by atoms with van der Waals surface area (Å²) in [5.74, 6) is 3.27. The lowest BCUT2D eigenvalue weighted by Gasteiger charge is -1.87. The molecular weight excluding hydrogens is 116 g/mol. The van der Waals surface area contributed by atoms with E-state index in [1.165, 1.54) is 7.11 Å². The smallest absolute Gasteiger partial charge is 0.285 e. The van der Waals surface area contributed by atoms with Crippen LogP contribution in [0.2, 0.25) is 0 Å². The molecule has 0 atom stereocenters. The number of rotatable bonds is 1. The highest BCUT2D eigenvalue weighted by atomic mass is 16.6. The summed E-state index contributed by atoms with van der Waals surface area (Å²) in [6, 6.07) is 3.36. The van der Waals surface area contributed by atoms with Crippen molar-refractivity contribution in [2.45, 2.75) is 0 Å². The van der Waals surface area contributed by atoms with Crippen LogP contribution in [0.5, 0.6) is 5.95 Å². The van der Waals surface area contributed by atoms with E-state index in [0.717, 1.165) is 0 Å². The molecule has 0 aliphatic heterocycles. The third kappa shape index (κ3) is 1.06. The molecule has 0 saturated heterocycles. The molecule has 1 heterocycles. The molecule has 0 aliphatic rings. The monoisotopic (exact) mass is 122 g/mol. The Labute approximate surface area is 53.4 Å². The maximum Gasteiger partial charge on any atom is 0.285 e. The van der Waals surface area contributed by atoms with E-state index in [4.69, 9.17) is 15.6 Å². The summed E-state index contributed by atoms with van der Waals surface area (Å²) >= 11 is 0. The number of methoxy groups -OCH3 is 1. The summed E-state index contributed by atoms with van der Waals surface area (Å²) in [5.41, 5.74) is 0. The quantitative estimate of drug-likeness (QED) is 0.523. The van der Waals surface area contributed by atoms with E-state index in [1.807, 2.05) is 0 Å². The normalized spacial score (nSPS) is 8.44. The van der Waals surface area contributed by atoms with Crippen LogP contribution in [0.4, 0.5) is 0 Å². The van der Waals surface area contributed by atoms with Crippen LogP contribution in [0, 0.1) is 12.3 Å². The molecule has 0 saturated carbocycles. The first-order valence-corrected chi connectivity index (χ1v) is 2.47. The topological polar surface area (TPSA) is 22.4 Å². The fraction of sp³-hybridized carbons (Fsp3) is 0.143. The fourth-order valence-corrected chi connectivity index (χ4v) is 0.507. The molecular formula is C7H6O2. The van der Waals surface area contributed by atoms with Crippen LogP contribution in [0.25, 0.3) is 0 Å². The minimum atomic E-state index is 0.447. The van der Waals surface area contributed by atoms with E-state index in [0.29, 0.717) is 11.7 Å². The van der Waals surface area contributed by atoms with Crippen molar-refractivity contribution >= 4 is 0 Å². The molecule has 0 amide bonds. The first-order valence-electron chi connectivity index (χ1n) is 2.47. The van der Waals surface area contributed by atoms with Gasteiger partial charge in [-0.25, -0.2) is 0 Å². The predicted molar refractivity (Wildman–Crippen MR) is 33.2 cm³/mol. The average molecular weight is 122 g/mol. The van der Waals surface area contributed by atoms with Crippen molar-refractivity contribution in [2.75, 3.05) is 7.11 Å². The summed E-state index contributed by atoms with van der Waals surface area (Å²) in [4.78, 5) is 0. The number of ether oxygens (including phenoxy) is 1. The molecule has 2 heteroatoms. The lowest BCUT2D eigenvalue weighted by atomic mass is 10.5. The molecule has 0 aromatic carbocycles. The predicted octanol–water partition coefficient (Wildman–Crippen LogP) is 1.27. The van der Waals surface area contributed by atoms with E-state index >= 15 is 0 Å². The van der Waals surface area contributed by atoms with Gasteiger partial charge in [-0.15, -0.1) is 6.42 Å². The molecule has 2 nitrogen and oxygen atoms in total. The van der Waals surface area contributed by atoms with Crippen LogP contribution in [-0.2, 0) is 0 Å². The Morgan fingerprint density at radius 2 is 2.44 bits per heavy atom. The largest absolute Gasteiger partial charge is 0.468 e. The zero-order chi connectivity index (χ0) is 6.69. The second kappa shape index (κ2) is 2.27. The van der Waals surface area contributed by atoms with E-state index in [2.05, 4.69) is 5.92 Å². The van der Waals surface area contributed by atoms with Crippen molar-refractivity contribution in [3.05, 3.63) is 17.9 Å². The van der Waals surface area contributed by atoms with Crippen molar-refractivity contribution in [1.29, 1.82) is 0 Å². The Balaban J connectivity index is 2.90. The molecule has 0 aliphatic carbocycles. The molecule has 0 bridgehead atoms. The van der Waals surface area contributed by atoms with E-state index < -0.39 is 0 Å². The van der Waals surface area contributed by atoms with Crippen molar-refractivity contribution in [3.63, 3.8) is 0 Å². The lowest BCUT2D eigenvalue weighted by Crippen LogP contribution is -1.75. The minimum Gasteiger partial charge on any atom is -0.468 e. The van der Waals surface area contributed by atoms with Gasteiger partial charge in [0.05, 0.1) is 7.11 Å². The summed E-state index contributed by atoms with van der Waals surface area (Å²) in [7, 11) is 1.53. The zero-order valence-electron chi connectivity index (χ0n) is 5.05. The minimum absolute atomic E-state index is 0.447. The second-order valence-electron chi connectivity index (χ2n) is 1.47. The van der Waals surface area contributed by atoms with Crippen LogP contribution >= 0.6 is 0 Å². The third-order valence-electron chi connectivity index (χ3n) is 0.925. The highest BCUT2D eigenvalue weighted by molar-refractivity contribution is 5.24. The Hall–Kier alpha value is -1.36. The number of hydrogen-bond acceptors (Lipinski definition) is 2. The molecule has 0 fully saturated rings. The standard InChI is InChI=1S/C7H6O2/c1-3-6-4-5-7(8-2)9-6/h1,4-5H,2H3. The van der Waals surface area contributed by atoms with Gasteiger partial charge in [-0.1, -0.05) is 0 Å². The van der Waals surface area contributed by atoms with Gasteiger partial charge in [0.1, 0.15) is 0 Å². The Morgan fingerprint density at radius 3 is 2.78 bits per heavy atom. The van der Waals surface area contributed by atoms with Crippen LogP contribution in [-0.4, -0.2) is 7.11 Å². The molecule has 1 aromatic rings. The van der Waals surface area contributed by atoms with Crippen molar-refractivity contribution < 1.29 is 9.15 Å². The van der Waals surface area contributed by atoms with E-state index in [9.17, 15) is 0 Å². The number of hydrogen-bond donors (Lipinski definition) is 0. The number of terminal acetylenes is 1. The van der Waals surface area contributed by atoms with Crippen molar-refractivity contribution in [3.8, 4) is 18.3 Å². The molecule has 0 unspecified atom stereocenters. The molecule has 0 N–H and O–H groups in total. The average Bonchev–Trinajstić information content (AvgIpc) is 2.34. The summed E-state index contributed by atoms with van der Waals surface area (Å²) < 4.78 is 9.66. The van der Waals surface area contributed by atoms with Gasteiger partial charge < -0.3 is 9.15 Å². The lowest BCUT2D eigenvalue weighted by molar-refractivity contribution is 0.302. The highest BCUT2D eigenvalue weighted by Crippen LogP contribution is 2.13. The van der Waals surface area contributed by atoms with Crippen LogP contribution < -0.4 is 4.74 Å². The van der Waals surface area contributed by atoms with Crippen LogP contribution in [0.1, 0.15) is 5.76 Å². The van der Waals surface area contributed by atoms with Gasteiger partial charge in [0.2, 0.25) is 0 Å². The molecule has 1 aromatic heterocycles. The maximum absolute atomic E-state index is 5.02. The SMILES string of the molecule is C#Cc1ccc(OC)o1. The summed E-state index contributed by atoms with van der Waals surface area (Å²) in [6.45, 7) is 0. The van der Waals surface area contributed by atoms with Gasteiger partial charge >= 0.3 is 0 Å². The third-order valence-corrected chi connectivity index (χ3v) is 0.925. The molecule has 0 spiro atoms. The maximum atomic E-state index is 5.02. The van der Waals surface area contributed by atoms with E-state index in [-0.39, 0.29) is 0 Å². The number of furan rings is 1. The van der Waals surface area contributed by atoms with Gasteiger partial charge in [-0.05, 0) is 12.0 Å². The van der Waals surface area contributed by atoms with Gasteiger partial charge in [-0.2, -0.15) is 0 Å². The van der Waals surface area contributed by atoms with Gasteiger partial charge in [0, 0.05) is 6.07 Å². The van der Waals surface area contributed by atoms with Crippen LogP contribution in [0.15, 0.2) is 16.5 Å². The van der Waals surface area contributed by atoms with E-state index in [1.54, 1.807) is 12.1 Å². The molecule has 46 valence electrons. The fourth-order valence-electron chi connectivity index (χ4n) is 0.507. The zero-order valence-corrected chi connectivity index (χ0v) is 5.05. The molecule has 0 radical (unpaired) electrons. The Bertz CT molecular complexity index is 229. The van der Waals surface area contributed by atoms with Crippen molar-refractivity contribution in [1.82, 2.24) is 0 Å². The highest BCUT2D eigenvalue weighted by Gasteiger charge is 1.95. The summed E-state index contributed by atoms with van der Waals surface area (Å²) in [5, 5.41) is 0. The first kappa shape index (κ1) is 5.77. The second-order valence-corrected chi connectivity index (χ2v) is 1.47. The van der Waals surface area contributed by atoms with Gasteiger partial charge in [0.25, 0.3) is 5.95 Å². The molecule has 9 heavy (non-hydrogen) atoms. The molecule has 1 rings (SSSR count). The van der Waals surface area contributed by atoms with Crippen LogP contribution in [0.3, 0.4) is 0 Å². The summed E-state index contributed by atoms with van der Waals surface area (Å²) in [6.07, 6.45) is 5.02. The Morgan fingerprint density at radius 1 is 1.67 bits per heavy atom. The van der Waals surface area contributed by atoms with Crippen molar-refractivity contribution in [2.24, 2.45) is 0 Å². The van der Waals surface area contributed by atoms with Gasteiger partial charge in [-0.3, -0.25) is 0 Å². The first-order chi connectivity index (χ1) is 4.36.